The van der Waals surface area contributed by atoms with Crippen LogP contribution in [-0.2, 0) is 11.2 Å². The molecule has 1 aromatic carbocycles. The number of ether oxygens (including phenoxy) is 1. The molecule has 1 rings (SSSR count). The van der Waals surface area contributed by atoms with Crippen molar-refractivity contribution >= 4 is 0 Å². The number of rotatable bonds is 29. The number of aromatic hydroxyl groups is 1. The second-order valence-electron chi connectivity index (χ2n) is 12.8. The van der Waals surface area contributed by atoms with E-state index in [-0.39, 0.29) is 12.2 Å². The van der Waals surface area contributed by atoms with Crippen molar-refractivity contribution in [1.82, 2.24) is 0 Å². The number of hydrogen-bond acceptors (Lipinski definition) is 4. The van der Waals surface area contributed by atoms with Gasteiger partial charge < -0.3 is 20.1 Å². The molecule has 0 fully saturated rings. The summed E-state index contributed by atoms with van der Waals surface area (Å²) in [4.78, 5) is 0. The minimum Gasteiger partial charge on any atom is -0.508 e. The summed E-state index contributed by atoms with van der Waals surface area (Å²) in [6.07, 6.45) is 28.6. The van der Waals surface area contributed by atoms with Crippen molar-refractivity contribution in [3.8, 4) is 5.75 Å². The summed E-state index contributed by atoms with van der Waals surface area (Å²) >= 11 is 0. The van der Waals surface area contributed by atoms with Crippen LogP contribution in [0.5, 0.6) is 5.75 Å². The minimum absolute atomic E-state index is 0.345. The Hall–Kier alpha value is -1.10. The second kappa shape index (κ2) is 26.5. The van der Waals surface area contributed by atoms with Crippen molar-refractivity contribution in [1.29, 1.82) is 0 Å². The van der Waals surface area contributed by atoms with E-state index in [4.69, 9.17) is 4.74 Å². The van der Waals surface area contributed by atoms with Crippen molar-refractivity contribution in [2.75, 3.05) is 7.11 Å². The lowest BCUT2D eigenvalue weighted by atomic mass is 9.94. The average molecular weight is 577 g/mol. The molecule has 0 unspecified atom stereocenters. The summed E-state index contributed by atoms with van der Waals surface area (Å²) < 4.78 is 5.53. The van der Waals surface area contributed by atoms with Gasteiger partial charge in [0.15, 0.2) is 0 Å². The number of phenolic OH excluding ortho intramolecular Hbond substituents is 1. The first-order chi connectivity index (χ1) is 20.0. The minimum atomic E-state index is -0.363. The Balaban J connectivity index is 1.78. The summed E-state index contributed by atoms with van der Waals surface area (Å²) in [5.41, 5.74) is 1.33. The van der Waals surface area contributed by atoms with E-state index in [2.05, 4.69) is 13.8 Å². The van der Waals surface area contributed by atoms with Crippen LogP contribution in [0.25, 0.3) is 0 Å². The van der Waals surface area contributed by atoms with Crippen molar-refractivity contribution < 1.29 is 20.1 Å². The van der Waals surface area contributed by atoms with Gasteiger partial charge in [0.25, 0.3) is 0 Å². The largest absolute Gasteiger partial charge is 0.508 e. The van der Waals surface area contributed by atoms with Gasteiger partial charge in [-0.05, 0) is 68.6 Å². The van der Waals surface area contributed by atoms with E-state index in [1.54, 1.807) is 19.2 Å². The highest BCUT2D eigenvalue weighted by molar-refractivity contribution is 5.25. The topological polar surface area (TPSA) is 69.9 Å². The SMILES string of the molecule is CC[C@H](OC)[C@H](C)CCCC[C@@H](O)C[C@@H](O)CCCCCCCCCCCCCCCCCCc1ccc(O)cc1. The maximum Gasteiger partial charge on any atom is 0.115 e. The number of aliphatic hydroxyl groups is 2. The molecule has 0 amide bonds. The molecule has 0 saturated heterocycles. The van der Waals surface area contributed by atoms with Crippen LogP contribution in [0.15, 0.2) is 24.3 Å². The van der Waals surface area contributed by atoms with Gasteiger partial charge in [0, 0.05) is 7.11 Å². The third-order valence-electron chi connectivity index (χ3n) is 9.02. The monoisotopic (exact) mass is 577 g/mol. The molecule has 0 saturated carbocycles. The van der Waals surface area contributed by atoms with Gasteiger partial charge >= 0.3 is 0 Å². The maximum absolute atomic E-state index is 10.3. The number of unbranched alkanes of at least 4 members (excludes halogenated alkanes) is 16. The molecule has 4 atom stereocenters. The van der Waals surface area contributed by atoms with Crippen molar-refractivity contribution in [3.63, 3.8) is 0 Å². The van der Waals surface area contributed by atoms with Gasteiger partial charge in [-0.3, -0.25) is 0 Å². The molecule has 4 nitrogen and oxygen atoms in total. The first-order valence-corrected chi connectivity index (χ1v) is 17.6. The Morgan fingerprint density at radius 3 is 1.41 bits per heavy atom. The fourth-order valence-corrected chi connectivity index (χ4v) is 6.23. The summed E-state index contributed by atoms with van der Waals surface area (Å²) in [6, 6.07) is 7.65. The zero-order chi connectivity index (χ0) is 30.0. The Bertz CT molecular complexity index is 672. The first-order valence-electron chi connectivity index (χ1n) is 17.6. The first kappa shape index (κ1) is 37.9. The molecular weight excluding hydrogens is 508 g/mol. The number of aryl methyl sites for hydroxylation is 1. The van der Waals surface area contributed by atoms with Crippen LogP contribution in [0.3, 0.4) is 0 Å². The Labute approximate surface area is 254 Å². The average Bonchev–Trinajstić information content (AvgIpc) is 2.96. The highest BCUT2D eigenvalue weighted by Crippen LogP contribution is 2.20. The van der Waals surface area contributed by atoms with Crippen molar-refractivity contribution in [2.45, 2.75) is 186 Å². The molecule has 0 aliphatic rings. The highest BCUT2D eigenvalue weighted by atomic mass is 16.5. The maximum atomic E-state index is 10.3. The Morgan fingerprint density at radius 2 is 0.976 bits per heavy atom. The summed E-state index contributed by atoms with van der Waals surface area (Å²) in [5, 5.41) is 29.9. The smallest absolute Gasteiger partial charge is 0.115 e. The number of phenols is 1. The van der Waals surface area contributed by atoms with E-state index in [1.807, 2.05) is 12.1 Å². The Kier molecular flexibility index (Phi) is 24.5. The van der Waals surface area contributed by atoms with Crippen LogP contribution in [-0.4, -0.2) is 40.7 Å². The number of aliphatic hydroxyl groups excluding tert-OH is 2. The highest BCUT2D eigenvalue weighted by Gasteiger charge is 2.15. The van der Waals surface area contributed by atoms with E-state index >= 15 is 0 Å². The number of benzene rings is 1. The molecular formula is C37H68O4. The van der Waals surface area contributed by atoms with Gasteiger partial charge in [-0.15, -0.1) is 0 Å². The molecule has 0 aliphatic heterocycles. The van der Waals surface area contributed by atoms with Crippen molar-refractivity contribution in [2.24, 2.45) is 5.92 Å². The number of methoxy groups -OCH3 is 1. The molecule has 0 bridgehead atoms. The quantitative estimate of drug-likeness (QED) is 0.0830. The molecule has 3 N–H and O–H groups in total. The van der Waals surface area contributed by atoms with Gasteiger partial charge in [0.2, 0.25) is 0 Å². The molecule has 4 heteroatoms. The lowest BCUT2D eigenvalue weighted by Crippen LogP contribution is -2.20. The lowest BCUT2D eigenvalue weighted by molar-refractivity contribution is 0.0495. The predicted molar refractivity (Wildman–Crippen MR) is 176 cm³/mol. The van der Waals surface area contributed by atoms with E-state index in [1.165, 1.54) is 102 Å². The fourth-order valence-electron chi connectivity index (χ4n) is 6.23. The van der Waals surface area contributed by atoms with E-state index in [9.17, 15) is 15.3 Å². The number of hydrogen-bond donors (Lipinski definition) is 3. The molecule has 0 spiro atoms. The van der Waals surface area contributed by atoms with Crippen molar-refractivity contribution in [3.05, 3.63) is 29.8 Å². The van der Waals surface area contributed by atoms with E-state index in [0.717, 1.165) is 51.4 Å². The Morgan fingerprint density at radius 1 is 0.585 bits per heavy atom. The van der Waals surface area contributed by atoms with Gasteiger partial charge in [-0.1, -0.05) is 135 Å². The molecule has 0 heterocycles. The lowest BCUT2D eigenvalue weighted by Gasteiger charge is -2.21. The molecule has 0 radical (unpaired) electrons. The fraction of sp³-hybridized carbons (Fsp3) is 0.838. The third kappa shape index (κ3) is 22.2. The summed E-state index contributed by atoms with van der Waals surface area (Å²) in [5.74, 6) is 0.927. The van der Waals surface area contributed by atoms with E-state index in [0.29, 0.717) is 24.2 Å². The standard InChI is InChI=1S/C37H68O4/c1-4-37(41-3)32(2)23-21-22-26-36(40)31-35(39)25-20-18-16-14-12-10-8-6-5-7-9-11-13-15-17-19-24-33-27-29-34(38)30-28-33/h27-30,32,35-40H,4-26,31H2,1-3H3/t32-,35+,36-,37+/m1/s1. The van der Waals surface area contributed by atoms with Crippen LogP contribution in [0.2, 0.25) is 0 Å². The van der Waals surface area contributed by atoms with Gasteiger partial charge in [0.1, 0.15) is 5.75 Å². The van der Waals surface area contributed by atoms with Gasteiger partial charge in [-0.25, -0.2) is 0 Å². The van der Waals surface area contributed by atoms with Crippen LogP contribution in [0.1, 0.15) is 167 Å². The predicted octanol–water partition coefficient (Wildman–Crippen LogP) is 10.3. The van der Waals surface area contributed by atoms with Gasteiger partial charge in [0.05, 0.1) is 18.3 Å². The molecule has 1 aromatic rings. The normalized spacial score (nSPS) is 14.7. The molecule has 0 aliphatic carbocycles. The summed E-state index contributed by atoms with van der Waals surface area (Å²) in [6.45, 7) is 4.43. The van der Waals surface area contributed by atoms with E-state index < -0.39 is 0 Å². The van der Waals surface area contributed by atoms with Gasteiger partial charge in [-0.2, -0.15) is 0 Å². The molecule has 240 valence electrons. The van der Waals surface area contributed by atoms with Crippen LogP contribution >= 0.6 is 0 Å². The molecule has 41 heavy (non-hydrogen) atoms. The van der Waals surface area contributed by atoms with Crippen LogP contribution < -0.4 is 0 Å². The zero-order valence-corrected chi connectivity index (χ0v) is 27.3. The zero-order valence-electron chi connectivity index (χ0n) is 27.3. The third-order valence-corrected chi connectivity index (χ3v) is 9.02. The second-order valence-corrected chi connectivity index (χ2v) is 12.8. The van der Waals surface area contributed by atoms with Crippen LogP contribution in [0.4, 0.5) is 0 Å². The molecule has 0 aromatic heterocycles. The van der Waals surface area contributed by atoms with Crippen LogP contribution in [0, 0.1) is 5.92 Å². The summed E-state index contributed by atoms with van der Waals surface area (Å²) in [7, 11) is 1.80.